The molecule has 5 nitrogen and oxygen atoms in total. The Bertz CT molecular complexity index is 312. The van der Waals surface area contributed by atoms with Gasteiger partial charge in [-0.1, -0.05) is 19.8 Å². The molecule has 0 aromatic rings. The summed E-state index contributed by atoms with van der Waals surface area (Å²) in [6.45, 7) is 2.04. The molecular formula is C13H24N2O3S. The second-order valence-electron chi connectivity index (χ2n) is 5.09. The van der Waals surface area contributed by atoms with Crippen LogP contribution in [-0.4, -0.2) is 41.2 Å². The van der Waals surface area contributed by atoms with E-state index in [4.69, 9.17) is 5.11 Å². The summed E-state index contributed by atoms with van der Waals surface area (Å²) in [7, 11) is 0. The van der Waals surface area contributed by atoms with Crippen LogP contribution in [0.5, 0.6) is 0 Å². The van der Waals surface area contributed by atoms with Gasteiger partial charge in [0.2, 0.25) is 0 Å². The van der Waals surface area contributed by atoms with E-state index in [1.165, 1.54) is 6.42 Å². The molecule has 3 N–H and O–H groups in total. The summed E-state index contributed by atoms with van der Waals surface area (Å²) in [6, 6.07) is 0.0594. The van der Waals surface area contributed by atoms with Gasteiger partial charge in [-0.3, -0.25) is 4.79 Å². The van der Waals surface area contributed by atoms with Crippen LogP contribution in [0.2, 0.25) is 0 Å². The molecule has 110 valence electrons. The van der Waals surface area contributed by atoms with Crippen LogP contribution in [-0.2, 0) is 4.79 Å². The van der Waals surface area contributed by atoms with E-state index in [-0.39, 0.29) is 12.1 Å². The molecule has 6 heteroatoms. The molecule has 0 spiro atoms. The van der Waals surface area contributed by atoms with E-state index >= 15 is 0 Å². The molecule has 3 atom stereocenters. The number of carbonyl (C=O) groups is 2. The molecule has 0 saturated heterocycles. The standard InChI is InChI=1S/C13H24N2O3S/c1-9(12(16)17)7-8-14-13(18)15-10-5-3-4-6-11(10)19-2/h9-11H,3-8H2,1-2H3,(H,16,17)(H2,14,15,18). The largest absolute Gasteiger partial charge is 0.481 e. The normalized spacial score (nSPS) is 24.5. The minimum absolute atomic E-state index is 0.177. The van der Waals surface area contributed by atoms with Crippen molar-refractivity contribution >= 4 is 23.8 Å². The van der Waals surface area contributed by atoms with E-state index < -0.39 is 11.9 Å². The van der Waals surface area contributed by atoms with Gasteiger partial charge in [-0.2, -0.15) is 11.8 Å². The molecular weight excluding hydrogens is 264 g/mol. The number of nitrogens with one attached hydrogen (secondary N) is 2. The lowest BCUT2D eigenvalue weighted by Crippen LogP contribution is -2.48. The van der Waals surface area contributed by atoms with Crippen molar-refractivity contribution in [2.45, 2.75) is 50.3 Å². The molecule has 0 radical (unpaired) electrons. The number of rotatable bonds is 6. The third-order valence-corrected chi connectivity index (χ3v) is 4.78. The van der Waals surface area contributed by atoms with Crippen molar-refractivity contribution in [3.63, 3.8) is 0 Å². The van der Waals surface area contributed by atoms with Gasteiger partial charge in [-0.05, 0) is 25.5 Å². The number of hydrogen-bond acceptors (Lipinski definition) is 3. The molecule has 1 fully saturated rings. The highest BCUT2D eigenvalue weighted by molar-refractivity contribution is 7.99. The smallest absolute Gasteiger partial charge is 0.315 e. The van der Waals surface area contributed by atoms with Gasteiger partial charge in [0, 0.05) is 17.8 Å². The Morgan fingerprint density at radius 2 is 2.05 bits per heavy atom. The SMILES string of the molecule is CSC1CCCCC1NC(=O)NCCC(C)C(=O)O. The molecule has 1 rings (SSSR count). The highest BCUT2D eigenvalue weighted by Gasteiger charge is 2.25. The van der Waals surface area contributed by atoms with Gasteiger partial charge in [-0.15, -0.1) is 0 Å². The summed E-state index contributed by atoms with van der Waals surface area (Å²) in [5, 5.41) is 15.0. The number of carboxylic acid groups (broad SMARTS) is 1. The van der Waals surface area contributed by atoms with Crippen molar-refractivity contribution < 1.29 is 14.7 Å². The topological polar surface area (TPSA) is 78.4 Å². The Kier molecular flexibility index (Phi) is 7.05. The van der Waals surface area contributed by atoms with Gasteiger partial charge >= 0.3 is 12.0 Å². The van der Waals surface area contributed by atoms with Crippen LogP contribution >= 0.6 is 11.8 Å². The van der Waals surface area contributed by atoms with Crippen LogP contribution in [0.15, 0.2) is 0 Å². The summed E-state index contributed by atoms with van der Waals surface area (Å²) in [4.78, 5) is 22.4. The zero-order chi connectivity index (χ0) is 14.3. The molecule has 0 bridgehead atoms. The Labute approximate surface area is 118 Å². The van der Waals surface area contributed by atoms with Crippen molar-refractivity contribution in [1.29, 1.82) is 0 Å². The van der Waals surface area contributed by atoms with E-state index in [0.717, 1.165) is 19.3 Å². The van der Waals surface area contributed by atoms with Gasteiger partial charge in [0.15, 0.2) is 0 Å². The molecule has 1 saturated carbocycles. The van der Waals surface area contributed by atoms with Crippen molar-refractivity contribution in [2.24, 2.45) is 5.92 Å². The van der Waals surface area contributed by atoms with Crippen LogP contribution in [0.25, 0.3) is 0 Å². The molecule has 0 aliphatic heterocycles. The molecule has 19 heavy (non-hydrogen) atoms. The summed E-state index contributed by atoms with van der Waals surface area (Å²) in [6.07, 6.45) is 7.13. The van der Waals surface area contributed by atoms with Crippen molar-refractivity contribution in [3.8, 4) is 0 Å². The zero-order valence-corrected chi connectivity index (χ0v) is 12.5. The van der Waals surface area contributed by atoms with Crippen LogP contribution in [0.4, 0.5) is 4.79 Å². The minimum atomic E-state index is -0.822. The third kappa shape index (κ3) is 5.72. The fraction of sp³-hybridized carbons (Fsp3) is 0.846. The zero-order valence-electron chi connectivity index (χ0n) is 11.6. The molecule has 0 heterocycles. The van der Waals surface area contributed by atoms with E-state index in [0.29, 0.717) is 18.2 Å². The predicted octanol–water partition coefficient (Wildman–Crippen LogP) is 2.07. The molecule has 1 aliphatic carbocycles. The van der Waals surface area contributed by atoms with Crippen LogP contribution < -0.4 is 10.6 Å². The van der Waals surface area contributed by atoms with E-state index in [2.05, 4.69) is 16.9 Å². The Morgan fingerprint density at radius 3 is 2.68 bits per heavy atom. The van der Waals surface area contributed by atoms with Gasteiger partial charge in [0.1, 0.15) is 0 Å². The number of amides is 2. The van der Waals surface area contributed by atoms with Crippen molar-refractivity contribution in [2.75, 3.05) is 12.8 Å². The number of carbonyl (C=O) groups excluding carboxylic acids is 1. The molecule has 3 unspecified atom stereocenters. The highest BCUT2D eigenvalue weighted by atomic mass is 32.2. The monoisotopic (exact) mass is 288 g/mol. The number of aliphatic carboxylic acids is 1. The van der Waals surface area contributed by atoms with E-state index in [1.54, 1.807) is 6.92 Å². The van der Waals surface area contributed by atoms with Gasteiger partial charge in [0.25, 0.3) is 0 Å². The highest BCUT2D eigenvalue weighted by Crippen LogP contribution is 2.26. The summed E-state index contributed by atoms with van der Waals surface area (Å²) in [5.74, 6) is -1.24. The first kappa shape index (κ1) is 16.1. The first-order chi connectivity index (χ1) is 9.04. The van der Waals surface area contributed by atoms with Gasteiger partial charge in [0.05, 0.1) is 5.92 Å². The quantitative estimate of drug-likeness (QED) is 0.699. The maximum Gasteiger partial charge on any atom is 0.315 e. The molecule has 1 aliphatic rings. The van der Waals surface area contributed by atoms with E-state index in [1.807, 2.05) is 11.8 Å². The molecule has 0 aromatic carbocycles. The van der Waals surface area contributed by atoms with Crippen molar-refractivity contribution in [3.05, 3.63) is 0 Å². The molecule has 2 amide bonds. The third-order valence-electron chi connectivity index (χ3n) is 3.61. The van der Waals surface area contributed by atoms with Crippen LogP contribution in [0, 0.1) is 5.92 Å². The Morgan fingerprint density at radius 1 is 1.37 bits per heavy atom. The maximum absolute atomic E-state index is 11.7. The minimum Gasteiger partial charge on any atom is -0.481 e. The number of thioether (sulfide) groups is 1. The lowest BCUT2D eigenvalue weighted by Gasteiger charge is -2.30. The van der Waals surface area contributed by atoms with Crippen LogP contribution in [0.1, 0.15) is 39.0 Å². The Balaban J connectivity index is 2.24. The molecule has 0 aromatic heterocycles. The number of urea groups is 1. The fourth-order valence-electron chi connectivity index (χ4n) is 2.29. The second-order valence-corrected chi connectivity index (χ2v) is 6.17. The number of carboxylic acids is 1. The van der Waals surface area contributed by atoms with E-state index in [9.17, 15) is 9.59 Å². The first-order valence-electron chi connectivity index (χ1n) is 6.84. The fourth-order valence-corrected chi connectivity index (χ4v) is 3.22. The second kappa shape index (κ2) is 8.30. The summed E-state index contributed by atoms with van der Waals surface area (Å²) >= 11 is 1.81. The lowest BCUT2D eigenvalue weighted by atomic mass is 9.95. The number of hydrogen-bond donors (Lipinski definition) is 3. The average molecular weight is 288 g/mol. The van der Waals surface area contributed by atoms with Crippen molar-refractivity contribution in [1.82, 2.24) is 10.6 Å². The van der Waals surface area contributed by atoms with Gasteiger partial charge in [-0.25, -0.2) is 4.79 Å². The van der Waals surface area contributed by atoms with Crippen LogP contribution in [0.3, 0.4) is 0 Å². The van der Waals surface area contributed by atoms with Gasteiger partial charge < -0.3 is 15.7 Å². The maximum atomic E-state index is 11.7. The predicted molar refractivity (Wildman–Crippen MR) is 77.5 cm³/mol. The Hall–Kier alpha value is -0.910. The summed E-state index contributed by atoms with van der Waals surface area (Å²) in [5.41, 5.74) is 0. The lowest BCUT2D eigenvalue weighted by molar-refractivity contribution is -0.141. The summed E-state index contributed by atoms with van der Waals surface area (Å²) < 4.78 is 0. The average Bonchev–Trinajstić information content (AvgIpc) is 2.39. The first-order valence-corrected chi connectivity index (χ1v) is 8.13.